The van der Waals surface area contributed by atoms with E-state index in [1.54, 1.807) is 0 Å². The molecule has 1 aliphatic rings. The molecule has 1 fully saturated rings. The molecule has 0 aromatic rings. The molecule has 0 unspecified atom stereocenters. The maximum absolute atomic E-state index is 8.56. The summed E-state index contributed by atoms with van der Waals surface area (Å²) in [5.41, 5.74) is 0. The number of hydrogen-bond acceptors (Lipinski definition) is 2. The maximum atomic E-state index is 8.56. The summed E-state index contributed by atoms with van der Waals surface area (Å²) in [6.07, 6.45) is 2.16. The zero-order chi connectivity index (χ0) is 6.85. The summed E-state index contributed by atoms with van der Waals surface area (Å²) in [7, 11) is 0. The topological polar surface area (TPSA) is 32.8 Å². The summed E-state index contributed by atoms with van der Waals surface area (Å²) in [6, 6.07) is 0. The van der Waals surface area contributed by atoms with Gasteiger partial charge < -0.3 is 9.84 Å². The average Bonchev–Trinajstić information content (AvgIpc) is 2.64. The summed E-state index contributed by atoms with van der Waals surface area (Å²) < 4.78 is 5.10. The first-order chi connectivity index (χ1) is 4.29. The Morgan fingerprint density at radius 2 is 2.56 bits per heavy atom. The van der Waals surface area contributed by atoms with Crippen LogP contribution in [-0.4, -0.2) is 23.9 Å². The van der Waals surface area contributed by atoms with Gasteiger partial charge in [-0.25, -0.2) is 0 Å². The molecule has 0 saturated carbocycles. The fourth-order valence-corrected chi connectivity index (χ4v) is 0.900. The minimum Gasteiger partial charge on any atom is -0.394 e. The monoisotopic (exact) mass is 128 g/mol. The minimum atomic E-state index is 0.0815. The van der Waals surface area contributed by atoms with Gasteiger partial charge in [-0.2, -0.15) is 0 Å². The first-order valence-corrected chi connectivity index (χ1v) is 3.18. The van der Waals surface area contributed by atoms with E-state index in [0.29, 0.717) is 5.92 Å². The quantitative estimate of drug-likeness (QED) is 0.445. The molecule has 0 aromatic carbocycles. The third-order valence-corrected chi connectivity index (χ3v) is 1.69. The Morgan fingerprint density at radius 1 is 1.89 bits per heavy atom. The van der Waals surface area contributed by atoms with Crippen LogP contribution in [0.2, 0.25) is 0 Å². The normalized spacial score (nSPS) is 35.8. The van der Waals surface area contributed by atoms with Crippen molar-refractivity contribution in [3.8, 4) is 0 Å². The molecule has 1 N–H and O–H groups in total. The van der Waals surface area contributed by atoms with Crippen LogP contribution in [0.15, 0.2) is 12.7 Å². The molecule has 0 amide bonds. The van der Waals surface area contributed by atoms with Crippen molar-refractivity contribution in [2.24, 2.45) is 5.92 Å². The van der Waals surface area contributed by atoms with Crippen LogP contribution in [0.4, 0.5) is 0 Å². The Morgan fingerprint density at radius 3 is 2.89 bits per heavy atom. The predicted molar refractivity (Wildman–Crippen MR) is 35.1 cm³/mol. The fraction of sp³-hybridized carbons (Fsp3) is 0.714. The lowest BCUT2D eigenvalue weighted by Crippen LogP contribution is -2.05. The largest absolute Gasteiger partial charge is 0.394 e. The Bertz CT molecular complexity index is 111. The van der Waals surface area contributed by atoms with Crippen LogP contribution < -0.4 is 0 Å². The van der Waals surface area contributed by atoms with Crippen molar-refractivity contribution in [1.29, 1.82) is 0 Å². The third kappa shape index (κ3) is 1.32. The molecule has 0 aromatic heterocycles. The summed E-state index contributed by atoms with van der Waals surface area (Å²) in [4.78, 5) is 0. The average molecular weight is 128 g/mol. The van der Waals surface area contributed by atoms with Crippen LogP contribution >= 0.6 is 0 Å². The molecule has 0 aliphatic carbocycles. The van der Waals surface area contributed by atoms with E-state index >= 15 is 0 Å². The van der Waals surface area contributed by atoms with Crippen molar-refractivity contribution in [1.82, 2.24) is 0 Å². The molecule has 0 radical (unpaired) electrons. The highest BCUT2D eigenvalue weighted by atomic mass is 16.6. The van der Waals surface area contributed by atoms with Crippen molar-refractivity contribution < 1.29 is 9.84 Å². The van der Waals surface area contributed by atoms with E-state index in [0.717, 1.165) is 0 Å². The van der Waals surface area contributed by atoms with E-state index in [4.69, 9.17) is 9.84 Å². The van der Waals surface area contributed by atoms with E-state index in [1.165, 1.54) is 0 Å². The lowest BCUT2D eigenvalue weighted by Gasteiger charge is -1.96. The summed E-state index contributed by atoms with van der Waals surface area (Å²) in [5.74, 6) is 0.377. The van der Waals surface area contributed by atoms with E-state index in [-0.39, 0.29) is 18.8 Å². The van der Waals surface area contributed by atoms with Crippen molar-refractivity contribution in [2.75, 3.05) is 6.61 Å². The Hall–Kier alpha value is -0.340. The van der Waals surface area contributed by atoms with Gasteiger partial charge >= 0.3 is 0 Å². The van der Waals surface area contributed by atoms with Crippen LogP contribution in [0.3, 0.4) is 0 Å². The zero-order valence-corrected chi connectivity index (χ0v) is 5.58. The molecule has 2 nitrogen and oxygen atoms in total. The van der Waals surface area contributed by atoms with Gasteiger partial charge in [-0.3, -0.25) is 0 Å². The zero-order valence-electron chi connectivity index (χ0n) is 5.58. The highest BCUT2D eigenvalue weighted by Crippen LogP contribution is 2.29. The van der Waals surface area contributed by atoms with Crippen molar-refractivity contribution in [2.45, 2.75) is 19.1 Å². The summed E-state index contributed by atoms with van der Waals surface area (Å²) in [6.45, 7) is 5.81. The minimum absolute atomic E-state index is 0.0815. The molecule has 1 saturated heterocycles. The van der Waals surface area contributed by atoms with Gasteiger partial charge in [0.1, 0.15) is 6.10 Å². The summed E-state index contributed by atoms with van der Waals surface area (Å²) in [5, 5.41) is 8.56. The van der Waals surface area contributed by atoms with Crippen molar-refractivity contribution in [3.05, 3.63) is 12.7 Å². The predicted octanol–water partition coefficient (Wildman–Crippen LogP) is 0.568. The second-order valence-corrected chi connectivity index (χ2v) is 2.42. The van der Waals surface area contributed by atoms with Gasteiger partial charge in [0.05, 0.1) is 12.7 Å². The molecule has 0 bridgehead atoms. The molecule has 9 heavy (non-hydrogen) atoms. The molecule has 0 spiro atoms. The Balaban J connectivity index is 2.24. The van der Waals surface area contributed by atoms with Gasteiger partial charge in [0.25, 0.3) is 0 Å². The van der Waals surface area contributed by atoms with Gasteiger partial charge in [0, 0.05) is 5.92 Å². The maximum Gasteiger partial charge on any atom is 0.108 e. The van der Waals surface area contributed by atoms with Crippen LogP contribution in [0.25, 0.3) is 0 Å². The van der Waals surface area contributed by atoms with E-state index < -0.39 is 0 Å². The fourth-order valence-electron chi connectivity index (χ4n) is 0.900. The highest BCUT2D eigenvalue weighted by Gasteiger charge is 2.40. The summed E-state index contributed by atoms with van der Waals surface area (Å²) >= 11 is 0. The lowest BCUT2D eigenvalue weighted by molar-refractivity contribution is 0.240. The van der Waals surface area contributed by atoms with Gasteiger partial charge in [-0.1, -0.05) is 13.0 Å². The molecule has 1 aliphatic heterocycles. The standard InChI is InChI=1S/C7H12O2/c1-3-5(2)7-6(4-8)9-7/h3,5-8H,1,4H2,2H3/t5-,6+,7+/m1/s1. The second kappa shape index (κ2) is 2.50. The van der Waals surface area contributed by atoms with Gasteiger partial charge in [0.2, 0.25) is 0 Å². The van der Waals surface area contributed by atoms with Crippen LogP contribution in [-0.2, 0) is 4.74 Å². The number of rotatable bonds is 3. The first kappa shape index (κ1) is 6.78. The van der Waals surface area contributed by atoms with E-state index in [1.807, 2.05) is 13.0 Å². The number of aliphatic hydroxyl groups excluding tert-OH is 1. The van der Waals surface area contributed by atoms with Gasteiger partial charge in [-0.05, 0) is 0 Å². The van der Waals surface area contributed by atoms with Gasteiger partial charge in [0.15, 0.2) is 0 Å². The van der Waals surface area contributed by atoms with Crippen molar-refractivity contribution in [3.63, 3.8) is 0 Å². The van der Waals surface area contributed by atoms with E-state index in [2.05, 4.69) is 6.58 Å². The van der Waals surface area contributed by atoms with Crippen LogP contribution in [0, 0.1) is 5.92 Å². The lowest BCUT2D eigenvalue weighted by atomic mass is 10.1. The first-order valence-electron chi connectivity index (χ1n) is 3.18. The highest BCUT2D eigenvalue weighted by molar-refractivity contribution is 4.95. The van der Waals surface area contributed by atoms with Gasteiger partial charge in [-0.15, -0.1) is 6.58 Å². The van der Waals surface area contributed by atoms with Crippen LogP contribution in [0.1, 0.15) is 6.92 Å². The SMILES string of the molecule is C=C[C@@H](C)[C@@H]1O[C@H]1CO. The smallest absolute Gasteiger partial charge is 0.108 e. The van der Waals surface area contributed by atoms with Crippen LogP contribution in [0.5, 0.6) is 0 Å². The molecule has 1 heterocycles. The molecule has 52 valence electrons. The van der Waals surface area contributed by atoms with Crippen molar-refractivity contribution >= 4 is 0 Å². The third-order valence-electron chi connectivity index (χ3n) is 1.69. The Kier molecular flexibility index (Phi) is 1.88. The van der Waals surface area contributed by atoms with E-state index in [9.17, 15) is 0 Å². The molecule has 1 rings (SSSR count). The molecule has 3 atom stereocenters. The number of ether oxygens (including phenoxy) is 1. The Labute approximate surface area is 55.1 Å². The number of hydrogen-bond donors (Lipinski definition) is 1. The second-order valence-electron chi connectivity index (χ2n) is 2.42. The molecular formula is C7H12O2. The number of aliphatic hydroxyl groups is 1. The molecular weight excluding hydrogens is 116 g/mol. The molecule has 2 heteroatoms. The number of epoxide rings is 1.